The van der Waals surface area contributed by atoms with Crippen LogP contribution < -0.4 is 4.74 Å². The molecule has 0 aromatic heterocycles. The van der Waals surface area contributed by atoms with Gasteiger partial charge in [0.15, 0.2) is 0 Å². The number of rotatable bonds is 3. The van der Waals surface area contributed by atoms with Gasteiger partial charge in [0, 0.05) is 18.5 Å². The third-order valence-electron chi connectivity index (χ3n) is 3.14. The molecule has 1 aliphatic heterocycles. The molecule has 0 unspecified atom stereocenters. The summed E-state index contributed by atoms with van der Waals surface area (Å²) in [4.78, 5) is 24.5. The van der Waals surface area contributed by atoms with Crippen molar-refractivity contribution in [1.29, 1.82) is 0 Å². The van der Waals surface area contributed by atoms with Crippen LogP contribution in [-0.4, -0.2) is 52.8 Å². The number of benzene rings is 1. The maximum atomic E-state index is 12.3. The van der Waals surface area contributed by atoms with E-state index in [9.17, 15) is 14.7 Å². The molecule has 1 saturated heterocycles. The first-order valence-corrected chi connectivity index (χ1v) is 5.89. The second-order valence-electron chi connectivity index (χ2n) is 4.43. The summed E-state index contributed by atoms with van der Waals surface area (Å²) in [7, 11) is 1.49. The predicted molar refractivity (Wildman–Crippen MR) is 66.1 cm³/mol. The van der Waals surface area contributed by atoms with E-state index in [-0.39, 0.29) is 13.0 Å². The Morgan fingerprint density at radius 3 is 2.79 bits per heavy atom. The Labute approximate surface area is 110 Å². The SMILES string of the molecule is COc1cccc(C(=O)N2C[C@H](O)C[C@@H]2C(=O)O)c1. The van der Waals surface area contributed by atoms with Gasteiger partial charge in [0.05, 0.1) is 13.2 Å². The summed E-state index contributed by atoms with van der Waals surface area (Å²) in [5, 5.41) is 18.6. The van der Waals surface area contributed by atoms with Gasteiger partial charge in [-0.3, -0.25) is 4.79 Å². The smallest absolute Gasteiger partial charge is 0.326 e. The van der Waals surface area contributed by atoms with Crippen LogP contribution in [0.4, 0.5) is 0 Å². The van der Waals surface area contributed by atoms with E-state index < -0.39 is 24.0 Å². The van der Waals surface area contributed by atoms with Crippen molar-refractivity contribution in [3.8, 4) is 5.75 Å². The summed E-state index contributed by atoms with van der Waals surface area (Å²) in [6, 6.07) is 5.52. The standard InChI is InChI=1S/C13H15NO5/c1-19-10-4-2-3-8(5-10)12(16)14-7-9(15)6-11(14)13(17)18/h2-5,9,11,15H,6-7H2,1H3,(H,17,18)/t9-,11-/m1/s1. The fourth-order valence-electron chi connectivity index (χ4n) is 2.19. The number of β-amino-alcohol motifs (C(OH)–C–C–N with tert-alkyl or cyclic N) is 1. The molecule has 6 nitrogen and oxygen atoms in total. The van der Waals surface area contributed by atoms with Gasteiger partial charge in [-0.1, -0.05) is 6.07 Å². The summed E-state index contributed by atoms with van der Waals surface area (Å²) in [6.07, 6.45) is -0.735. The summed E-state index contributed by atoms with van der Waals surface area (Å²) >= 11 is 0. The summed E-state index contributed by atoms with van der Waals surface area (Å²) < 4.78 is 5.03. The highest BCUT2D eigenvalue weighted by Gasteiger charge is 2.39. The largest absolute Gasteiger partial charge is 0.497 e. The Bertz CT molecular complexity index is 502. The van der Waals surface area contributed by atoms with Crippen molar-refractivity contribution in [2.75, 3.05) is 13.7 Å². The first-order chi connectivity index (χ1) is 9.02. The molecule has 0 saturated carbocycles. The molecule has 1 aromatic carbocycles. The van der Waals surface area contributed by atoms with Gasteiger partial charge >= 0.3 is 5.97 Å². The second kappa shape index (κ2) is 5.27. The number of ether oxygens (including phenoxy) is 1. The Hall–Kier alpha value is -2.08. The van der Waals surface area contributed by atoms with Crippen molar-refractivity contribution in [2.45, 2.75) is 18.6 Å². The zero-order valence-corrected chi connectivity index (χ0v) is 10.4. The molecule has 1 aromatic rings. The molecule has 102 valence electrons. The van der Waals surface area contributed by atoms with Gasteiger partial charge in [0.2, 0.25) is 0 Å². The average Bonchev–Trinajstić information content (AvgIpc) is 2.80. The molecule has 6 heteroatoms. The van der Waals surface area contributed by atoms with Crippen LogP contribution in [0, 0.1) is 0 Å². The predicted octanol–water partition coefficient (Wildman–Crippen LogP) is 0.355. The first kappa shape index (κ1) is 13.4. The lowest BCUT2D eigenvalue weighted by atomic mass is 10.1. The van der Waals surface area contributed by atoms with Gasteiger partial charge in [0.25, 0.3) is 5.91 Å². The Kier molecular flexibility index (Phi) is 3.71. The molecule has 0 aliphatic carbocycles. The topological polar surface area (TPSA) is 87.1 Å². The van der Waals surface area contributed by atoms with E-state index in [0.29, 0.717) is 11.3 Å². The third kappa shape index (κ3) is 2.68. The van der Waals surface area contributed by atoms with Crippen LogP contribution in [0.2, 0.25) is 0 Å². The van der Waals surface area contributed by atoms with Gasteiger partial charge in [-0.25, -0.2) is 4.79 Å². The average molecular weight is 265 g/mol. The van der Waals surface area contributed by atoms with Crippen LogP contribution in [0.1, 0.15) is 16.8 Å². The van der Waals surface area contributed by atoms with Crippen molar-refractivity contribution in [3.63, 3.8) is 0 Å². The fourth-order valence-corrected chi connectivity index (χ4v) is 2.19. The summed E-state index contributed by atoms with van der Waals surface area (Å²) in [5.74, 6) is -0.992. The number of likely N-dealkylation sites (tertiary alicyclic amines) is 1. The van der Waals surface area contributed by atoms with Crippen LogP contribution >= 0.6 is 0 Å². The highest BCUT2D eigenvalue weighted by Crippen LogP contribution is 2.22. The molecule has 2 atom stereocenters. The minimum absolute atomic E-state index is 0.0347. The Morgan fingerprint density at radius 1 is 1.42 bits per heavy atom. The van der Waals surface area contributed by atoms with Crippen LogP contribution in [0.5, 0.6) is 5.75 Å². The van der Waals surface area contributed by atoms with Gasteiger partial charge in [-0.05, 0) is 18.2 Å². The number of carboxylic acid groups (broad SMARTS) is 1. The normalized spacial score (nSPS) is 22.3. The molecule has 2 N–H and O–H groups in total. The molecule has 0 spiro atoms. The molecule has 1 amide bonds. The lowest BCUT2D eigenvalue weighted by Gasteiger charge is -2.21. The number of aliphatic hydroxyl groups excluding tert-OH is 1. The molecular formula is C13H15NO5. The lowest BCUT2D eigenvalue weighted by Crippen LogP contribution is -2.40. The second-order valence-corrected chi connectivity index (χ2v) is 4.43. The minimum Gasteiger partial charge on any atom is -0.497 e. The van der Waals surface area contributed by atoms with E-state index in [1.54, 1.807) is 24.3 Å². The van der Waals surface area contributed by atoms with E-state index in [1.807, 2.05) is 0 Å². The fraction of sp³-hybridized carbons (Fsp3) is 0.385. The van der Waals surface area contributed by atoms with Crippen molar-refractivity contribution in [2.24, 2.45) is 0 Å². The number of hydrogen-bond acceptors (Lipinski definition) is 4. The van der Waals surface area contributed by atoms with E-state index in [2.05, 4.69) is 0 Å². The third-order valence-corrected chi connectivity index (χ3v) is 3.14. The number of carbonyl (C=O) groups excluding carboxylic acids is 1. The monoisotopic (exact) mass is 265 g/mol. The quantitative estimate of drug-likeness (QED) is 0.823. The van der Waals surface area contributed by atoms with Crippen molar-refractivity contribution >= 4 is 11.9 Å². The van der Waals surface area contributed by atoms with Crippen LogP contribution in [0.3, 0.4) is 0 Å². The van der Waals surface area contributed by atoms with Crippen molar-refractivity contribution < 1.29 is 24.5 Å². The molecule has 19 heavy (non-hydrogen) atoms. The number of methoxy groups -OCH3 is 1. The molecule has 2 rings (SSSR count). The van der Waals surface area contributed by atoms with Crippen LogP contribution in [-0.2, 0) is 4.79 Å². The molecule has 1 aliphatic rings. The van der Waals surface area contributed by atoms with Gasteiger partial charge in [-0.2, -0.15) is 0 Å². The number of amides is 1. The van der Waals surface area contributed by atoms with Gasteiger partial charge < -0.3 is 19.8 Å². The number of nitrogens with zero attached hydrogens (tertiary/aromatic N) is 1. The number of carbonyl (C=O) groups is 2. The first-order valence-electron chi connectivity index (χ1n) is 5.89. The lowest BCUT2D eigenvalue weighted by molar-refractivity contribution is -0.141. The maximum Gasteiger partial charge on any atom is 0.326 e. The zero-order valence-electron chi connectivity index (χ0n) is 10.4. The van der Waals surface area contributed by atoms with E-state index in [1.165, 1.54) is 12.0 Å². The Morgan fingerprint density at radius 2 is 2.16 bits per heavy atom. The number of aliphatic carboxylic acids is 1. The maximum absolute atomic E-state index is 12.3. The van der Waals surface area contributed by atoms with Crippen molar-refractivity contribution in [1.82, 2.24) is 4.90 Å². The van der Waals surface area contributed by atoms with E-state index in [4.69, 9.17) is 9.84 Å². The Balaban J connectivity index is 2.24. The molecule has 0 bridgehead atoms. The number of aliphatic hydroxyl groups is 1. The number of carboxylic acids is 1. The summed E-state index contributed by atoms with van der Waals surface area (Å²) in [6.45, 7) is 0.0347. The zero-order chi connectivity index (χ0) is 14.0. The summed E-state index contributed by atoms with van der Waals surface area (Å²) in [5.41, 5.74) is 0.347. The van der Waals surface area contributed by atoms with Gasteiger partial charge in [0.1, 0.15) is 11.8 Å². The van der Waals surface area contributed by atoms with E-state index >= 15 is 0 Å². The molecule has 1 heterocycles. The molecule has 1 fully saturated rings. The van der Waals surface area contributed by atoms with Gasteiger partial charge in [-0.15, -0.1) is 0 Å². The minimum atomic E-state index is -1.10. The highest BCUT2D eigenvalue weighted by molar-refractivity contribution is 5.97. The van der Waals surface area contributed by atoms with Crippen molar-refractivity contribution in [3.05, 3.63) is 29.8 Å². The van der Waals surface area contributed by atoms with E-state index in [0.717, 1.165) is 0 Å². The molecule has 0 radical (unpaired) electrons. The van der Waals surface area contributed by atoms with Crippen LogP contribution in [0.15, 0.2) is 24.3 Å². The highest BCUT2D eigenvalue weighted by atomic mass is 16.5. The van der Waals surface area contributed by atoms with Crippen LogP contribution in [0.25, 0.3) is 0 Å². The molecular weight excluding hydrogens is 250 g/mol. The number of hydrogen-bond donors (Lipinski definition) is 2.